The summed E-state index contributed by atoms with van der Waals surface area (Å²) in [5.74, 6) is -0.291. The maximum Gasteiger partial charge on any atom is 0.261 e. The molecule has 8 heteroatoms. The number of para-hydroxylation sites is 2. The Balaban J connectivity index is 1.45. The molecule has 1 amide bonds. The molecule has 0 radical (unpaired) electrons. The van der Waals surface area contributed by atoms with Crippen LogP contribution in [0.25, 0.3) is 0 Å². The third kappa shape index (κ3) is 5.78. The van der Waals surface area contributed by atoms with Gasteiger partial charge in [0, 0.05) is 30.9 Å². The van der Waals surface area contributed by atoms with Crippen molar-refractivity contribution in [2.75, 3.05) is 36.3 Å². The zero-order chi connectivity index (χ0) is 23.3. The monoisotopic (exact) mass is 465 g/mol. The number of hydrogen-bond acceptors (Lipinski definition) is 5. The molecule has 2 N–H and O–H groups in total. The fourth-order valence-electron chi connectivity index (χ4n) is 3.65. The highest BCUT2D eigenvalue weighted by molar-refractivity contribution is 7.92. The fraction of sp³-hybridized carbons (Fsp3) is 0.240. The Bertz CT molecular complexity index is 1220. The molecule has 1 aliphatic rings. The van der Waals surface area contributed by atoms with Gasteiger partial charge in [-0.2, -0.15) is 0 Å². The number of anilines is 2. The van der Waals surface area contributed by atoms with Crippen LogP contribution in [0.4, 0.5) is 11.4 Å². The Labute approximate surface area is 194 Å². The first-order valence-corrected chi connectivity index (χ1v) is 12.3. The summed E-state index contributed by atoms with van der Waals surface area (Å²) in [5, 5.41) is 2.96. The van der Waals surface area contributed by atoms with Crippen LogP contribution in [0, 0.1) is 6.92 Å². The molecule has 1 saturated heterocycles. The molecule has 1 aliphatic heterocycles. The van der Waals surface area contributed by atoms with E-state index in [1.54, 1.807) is 12.1 Å². The van der Waals surface area contributed by atoms with Gasteiger partial charge in [0.15, 0.2) is 0 Å². The van der Waals surface area contributed by atoms with Gasteiger partial charge in [-0.25, -0.2) is 8.42 Å². The van der Waals surface area contributed by atoms with Gasteiger partial charge in [-0.1, -0.05) is 36.4 Å². The zero-order valence-corrected chi connectivity index (χ0v) is 19.3. The second kappa shape index (κ2) is 10.2. The van der Waals surface area contributed by atoms with Crippen LogP contribution in [0.3, 0.4) is 0 Å². The van der Waals surface area contributed by atoms with Crippen molar-refractivity contribution in [3.05, 3.63) is 89.5 Å². The Morgan fingerprint density at radius 1 is 0.909 bits per heavy atom. The molecule has 0 aromatic heterocycles. The molecule has 0 atom stereocenters. The van der Waals surface area contributed by atoms with Gasteiger partial charge in [0.2, 0.25) is 0 Å². The lowest BCUT2D eigenvalue weighted by molar-refractivity contribution is 0.0342. The van der Waals surface area contributed by atoms with E-state index in [4.69, 9.17) is 4.74 Å². The summed E-state index contributed by atoms with van der Waals surface area (Å²) in [6.45, 7) is 5.69. The number of amides is 1. The highest BCUT2D eigenvalue weighted by Gasteiger charge is 2.17. The van der Waals surface area contributed by atoms with Crippen LogP contribution in [0.5, 0.6) is 0 Å². The minimum Gasteiger partial charge on any atom is -0.379 e. The normalized spacial score (nSPS) is 14.6. The van der Waals surface area contributed by atoms with Crippen LogP contribution in [0.1, 0.15) is 21.5 Å². The molecule has 4 rings (SSSR count). The fourth-order valence-corrected chi connectivity index (χ4v) is 4.78. The summed E-state index contributed by atoms with van der Waals surface area (Å²) in [6, 6.07) is 20.8. The minimum absolute atomic E-state index is 0.0926. The molecule has 0 unspecified atom stereocenters. The van der Waals surface area contributed by atoms with Crippen molar-refractivity contribution in [2.45, 2.75) is 18.4 Å². The highest BCUT2D eigenvalue weighted by Crippen LogP contribution is 2.21. The summed E-state index contributed by atoms with van der Waals surface area (Å²) in [4.78, 5) is 15.2. The van der Waals surface area contributed by atoms with Gasteiger partial charge >= 0.3 is 0 Å². The number of sulfonamides is 1. The van der Waals surface area contributed by atoms with Crippen LogP contribution in [-0.4, -0.2) is 45.5 Å². The van der Waals surface area contributed by atoms with Crippen molar-refractivity contribution in [2.24, 2.45) is 0 Å². The number of benzene rings is 3. The van der Waals surface area contributed by atoms with E-state index in [9.17, 15) is 13.2 Å². The van der Waals surface area contributed by atoms with Crippen LogP contribution in [0.2, 0.25) is 0 Å². The average molecular weight is 466 g/mol. The molecule has 0 spiro atoms. The van der Waals surface area contributed by atoms with E-state index < -0.39 is 10.0 Å². The molecule has 7 nitrogen and oxygen atoms in total. The van der Waals surface area contributed by atoms with Crippen LogP contribution >= 0.6 is 0 Å². The van der Waals surface area contributed by atoms with E-state index in [1.807, 2.05) is 43.3 Å². The summed E-state index contributed by atoms with van der Waals surface area (Å²) in [7, 11) is -3.76. The maximum atomic E-state index is 12.8. The lowest BCUT2D eigenvalue weighted by Gasteiger charge is -2.27. The SMILES string of the molecule is Cc1ccccc1NS(=O)(=O)c1ccc(C(=O)Nc2ccccc2CN2CCOCC2)cc1. The summed E-state index contributed by atoms with van der Waals surface area (Å²) in [5.41, 5.74) is 3.50. The van der Waals surface area contributed by atoms with Crippen LogP contribution < -0.4 is 10.0 Å². The number of nitrogens with zero attached hydrogens (tertiary/aromatic N) is 1. The Morgan fingerprint density at radius 3 is 2.24 bits per heavy atom. The van der Waals surface area contributed by atoms with Crippen molar-refractivity contribution in [3.63, 3.8) is 0 Å². The molecule has 0 aliphatic carbocycles. The standard InChI is InChI=1S/C25H27N3O4S/c1-19-6-2-4-8-23(19)27-33(30,31)22-12-10-20(11-13-22)25(29)26-24-9-5-3-7-21(24)18-28-14-16-32-17-15-28/h2-13,27H,14-18H2,1H3,(H,26,29). The molecule has 172 valence electrons. The molecule has 3 aromatic carbocycles. The van der Waals surface area contributed by atoms with Crippen LogP contribution in [-0.2, 0) is 21.3 Å². The Kier molecular flexibility index (Phi) is 7.08. The first kappa shape index (κ1) is 23.0. The summed E-state index contributed by atoms with van der Waals surface area (Å²) in [6.07, 6.45) is 0. The second-order valence-electron chi connectivity index (χ2n) is 7.94. The van der Waals surface area contributed by atoms with Gasteiger partial charge in [-0.15, -0.1) is 0 Å². The zero-order valence-electron chi connectivity index (χ0n) is 18.5. The smallest absolute Gasteiger partial charge is 0.261 e. The van der Waals surface area contributed by atoms with Crippen molar-refractivity contribution < 1.29 is 17.9 Å². The minimum atomic E-state index is -3.76. The third-order valence-corrected chi connectivity index (χ3v) is 6.96. The van der Waals surface area contributed by atoms with Gasteiger partial charge in [0.1, 0.15) is 0 Å². The number of ether oxygens (including phenoxy) is 1. The largest absolute Gasteiger partial charge is 0.379 e. The van der Waals surface area contributed by atoms with E-state index in [-0.39, 0.29) is 10.8 Å². The van der Waals surface area contributed by atoms with E-state index in [0.29, 0.717) is 24.5 Å². The molecule has 33 heavy (non-hydrogen) atoms. The van der Waals surface area contributed by atoms with Crippen molar-refractivity contribution >= 4 is 27.3 Å². The van der Waals surface area contributed by atoms with Crippen molar-refractivity contribution in [1.29, 1.82) is 0 Å². The molecule has 1 fully saturated rings. The maximum absolute atomic E-state index is 12.8. The average Bonchev–Trinajstić information content (AvgIpc) is 2.82. The van der Waals surface area contributed by atoms with E-state index in [1.165, 1.54) is 24.3 Å². The van der Waals surface area contributed by atoms with Gasteiger partial charge in [0.25, 0.3) is 15.9 Å². The number of rotatable bonds is 7. The Hall–Kier alpha value is -3.20. The van der Waals surface area contributed by atoms with Gasteiger partial charge < -0.3 is 10.1 Å². The number of aryl methyl sites for hydroxylation is 1. The van der Waals surface area contributed by atoms with E-state index >= 15 is 0 Å². The topological polar surface area (TPSA) is 87.7 Å². The van der Waals surface area contributed by atoms with E-state index in [0.717, 1.165) is 36.4 Å². The summed E-state index contributed by atoms with van der Waals surface area (Å²) < 4.78 is 33.5. The van der Waals surface area contributed by atoms with Crippen molar-refractivity contribution in [1.82, 2.24) is 4.90 Å². The van der Waals surface area contributed by atoms with Gasteiger partial charge in [-0.3, -0.25) is 14.4 Å². The molecular formula is C25H27N3O4S. The van der Waals surface area contributed by atoms with Gasteiger partial charge in [-0.05, 0) is 54.4 Å². The molecule has 3 aromatic rings. The lowest BCUT2D eigenvalue weighted by atomic mass is 10.1. The quantitative estimate of drug-likeness (QED) is 0.553. The second-order valence-corrected chi connectivity index (χ2v) is 9.63. The van der Waals surface area contributed by atoms with Gasteiger partial charge in [0.05, 0.1) is 23.8 Å². The Morgan fingerprint density at radius 2 is 1.55 bits per heavy atom. The first-order valence-electron chi connectivity index (χ1n) is 10.8. The number of hydrogen-bond donors (Lipinski definition) is 2. The first-order chi connectivity index (χ1) is 15.9. The third-order valence-electron chi connectivity index (χ3n) is 5.58. The number of carbonyl (C=O) groups is 1. The lowest BCUT2D eigenvalue weighted by Crippen LogP contribution is -2.35. The molecule has 0 saturated carbocycles. The molecule has 1 heterocycles. The van der Waals surface area contributed by atoms with Crippen LogP contribution in [0.15, 0.2) is 77.7 Å². The predicted octanol–water partition coefficient (Wildman–Crippen LogP) is 3.88. The number of morpholine rings is 1. The van der Waals surface area contributed by atoms with E-state index in [2.05, 4.69) is 14.9 Å². The highest BCUT2D eigenvalue weighted by atomic mass is 32.2. The van der Waals surface area contributed by atoms with Crippen molar-refractivity contribution in [3.8, 4) is 0 Å². The predicted molar refractivity (Wildman–Crippen MR) is 129 cm³/mol. The number of nitrogens with one attached hydrogen (secondary N) is 2. The number of carbonyl (C=O) groups excluding carboxylic acids is 1. The summed E-state index contributed by atoms with van der Waals surface area (Å²) >= 11 is 0. The molecular weight excluding hydrogens is 438 g/mol. The molecule has 0 bridgehead atoms.